The van der Waals surface area contributed by atoms with Crippen molar-refractivity contribution in [3.8, 4) is 0 Å². The maximum Gasteiger partial charge on any atom is 0.263 e. The van der Waals surface area contributed by atoms with Gasteiger partial charge in [0.25, 0.3) is 5.56 Å². The largest absolute Gasteiger partial charge is 0.323 e. The SMILES string of the molecule is Cc1sc2[nH]c(=S)n(C3CC3(C)C)c(=O)c2c1C. The number of aromatic nitrogens is 2. The molecule has 0 aliphatic heterocycles. The lowest BCUT2D eigenvalue weighted by Gasteiger charge is -2.08. The van der Waals surface area contributed by atoms with E-state index in [1.54, 1.807) is 15.9 Å². The number of nitrogens with zero attached hydrogens (tertiary/aromatic N) is 1. The van der Waals surface area contributed by atoms with E-state index in [0.29, 0.717) is 4.77 Å². The number of hydrogen-bond acceptors (Lipinski definition) is 3. The Bertz CT molecular complexity index is 764. The van der Waals surface area contributed by atoms with E-state index < -0.39 is 0 Å². The maximum atomic E-state index is 12.6. The number of aromatic amines is 1. The lowest BCUT2D eigenvalue weighted by atomic mass is 10.2. The second-order valence-electron chi connectivity index (χ2n) is 5.80. The summed E-state index contributed by atoms with van der Waals surface area (Å²) >= 11 is 6.96. The molecule has 0 bridgehead atoms. The zero-order valence-corrected chi connectivity index (χ0v) is 12.6. The van der Waals surface area contributed by atoms with Crippen molar-refractivity contribution in [2.75, 3.05) is 0 Å². The molecule has 1 saturated carbocycles. The average molecular weight is 280 g/mol. The molecule has 1 N–H and O–H groups in total. The van der Waals surface area contributed by atoms with Crippen LogP contribution in [0.1, 0.15) is 36.8 Å². The number of aryl methyl sites for hydroxylation is 2. The van der Waals surface area contributed by atoms with Gasteiger partial charge >= 0.3 is 0 Å². The Hall–Kier alpha value is -0.940. The van der Waals surface area contributed by atoms with Gasteiger partial charge in [0.2, 0.25) is 0 Å². The predicted molar refractivity (Wildman–Crippen MR) is 78.2 cm³/mol. The van der Waals surface area contributed by atoms with Crippen LogP contribution in [0.4, 0.5) is 0 Å². The highest BCUT2D eigenvalue weighted by molar-refractivity contribution is 7.71. The van der Waals surface area contributed by atoms with Crippen LogP contribution in [0.25, 0.3) is 10.2 Å². The molecule has 0 amide bonds. The van der Waals surface area contributed by atoms with Crippen molar-refractivity contribution in [1.82, 2.24) is 9.55 Å². The van der Waals surface area contributed by atoms with Gasteiger partial charge in [-0.2, -0.15) is 0 Å². The lowest BCUT2D eigenvalue weighted by Crippen LogP contribution is -2.22. The Labute approximate surface area is 114 Å². The number of rotatable bonds is 1. The lowest BCUT2D eigenvalue weighted by molar-refractivity contribution is 0.524. The first-order valence-electron chi connectivity index (χ1n) is 6.07. The zero-order chi connectivity index (χ0) is 13.2. The number of H-pyrrole nitrogens is 1. The highest BCUT2D eigenvalue weighted by atomic mass is 32.1. The van der Waals surface area contributed by atoms with Crippen molar-refractivity contribution in [2.24, 2.45) is 5.41 Å². The summed E-state index contributed by atoms with van der Waals surface area (Å²) in [6.07, 6.45) is 1.03. The van der Waals surface area contributed by atoms with E-state index >= 15 is 0 Å². The van der Waals surface area contributed by atoms with Crippen LogP contribution < -0.4 is 5.56 Å². The van der Waals surface area contributed by atoms with E-state index in [1.807, 2.05) is 13.8 Å². The molecule has 18 heavy (non-hydrogen) atoms. The van der Waals surface area contributed by atoms with Crippen LogP contribution in [0.3, 0.4) is 0 Å². The molecular weight excluding hydrogens is 264 g/mol. The van der Waals surface area contributed by atoms with Crippen molar-refractivity contribution in [2.45, 2.75) is 40.2 Å². The van der Waals surface area contributed by atoms with E-state index in [0.717, 1.165) is 22.2 Å². The van der Waals surface area contributed by atoms with Crippen LogP contribution in [-0.2, 0) is 0 Å². The van der Waals surface area contributed by atoms with Crippen LogP contribution in [0.2, 0.25) is 0 Å². The van der Waals surface area contributed by atoms with Gasteiger partial charge in [-0.15, -0.1) is 11.3 Å². The minimum atomic E-state index is 0.0752. The van der Waals surface area contributed by atoms with Gasteiger partial charge in [-0.3, -0.25) is 9.36 Å². The minimum absolute atomic E-state index is 0.0752. The van der Waals surface area contributed by atoms with Crippen LogP contribution in [0.5, 0.6) is 0 Å². The van der Waals surface area contributed by atoms with Gasteiger partial charge in [0.05, 0.1) is 5.39 Å². The highest BCUT2D eigenvalue weighted by Gasteiger charge is 2.48. The molecule has 2 aromatic rings. The number of hydrogen-bond donors (Lipinski definition) is 1. The zero-order valence-electron chi connectivity index (χ0n) is 11.0. The average Bonchev–Trinajstić information content (AvgIpc) is 2.75. The molecule has 96 valence electrons. The van der Waals surface area contributed by atoms with Gasteiger partial charge in [0.15, 0.2) is 4.77 Å². The summed E-state index contributed by atoms with van der Waals surface area (Å²) in [4.78, 5) is 17.9. The Morgan fingerprint density at radius 2 is 2.06 bits per heavy atom. The molecule has 0 saturated heterocycles. The molecular formula is C13H16N2OS2. The summed E-state index contributed by atoms with van der Waals surface area (Å²) in [5.74, 6) is 0. The maximum absolute atomic E-state index is 12.6. The molecule has 0 aromatic carbocycles. The van der Waals surface area contributed by atoms with Crippen LogP contribution >= 0.6 is 23.6 Å². The van der Waals surface area contributed by atoms with Crippen LogP contribution in [-0.4, -0.2) is 9.55 Å². The van der Waals surface area contributed by atoms with E-state index in [9.17, 15) is 4.79 Å². The Kier molecular flexibility index (Phi) is 2.38. The number of fused-ring (bicyclic) bond motifs is 1. The van der Waals surface area contributed by atoms with E-state index in [4.69, 9.17) is 12.2 Å². The molecule has 1 aliphatic carbocycles. The molecule has 2 aromatic heterocycles. The van der Waals surface area contributed by atoms with Crippen LogP contribution in [0.15, 0.2) is 4.79 Å². The smallest absolute Gasteiger partial charge is 0.263 e. The van der Waals surface area contributed by atoms with E-state index in [2.05, 4.69) is 18.8 Å². The fourth-order valence-corrected chi connectivity index (χ4v) is 3.93. The van der Waals surface area contributed by atoms with Crippen LogP contribution in [0, 0.1) is 24.0 Å². The van der Waals surface area contributed by atoms with Crippen molar-refractivity contribution < 1.29 is 0 Å². The summed E-state index contributed by atoms with van der Waals surface area (Å²) in [5, 5.41) is 0.814. The summed E-state index contributed by atoms with van der Waals surface area (Å²) < 4.78 is 2.33. The number of thiophene rings is 1. The molecule has 5 heteroatoms. The summed E-state index contributed by atoms with van der Waals surface area (Å²) in [7, 11) is 0. The second-order valence-corrected chi connectivity index (χ2v) is 7.41. The van der Waals surface area contributed by atoms with Gasteiger partial charge in [-0.25, -0.2) is 0 Å². The Balaban J connectivity index is 2.38. The number of nitrogens with one attached hydrogen (secondary N) is 1. The monoisotopic (exact) mass is 280 g/mol. The minimum Gasteiger partial charge on any atom is -0.323 e. The fourth-order valence-electron chi connectivity index (χ4n) is 2.51. The standard InChI is InChI=1S/C13H16N2OS2/c1-6-7(2)18-10-9(6)11(16)15(12(17)14-10)8-5-13(8,3)4/h8H,5H2,1-4H3,(H,14,17). The normalized spacial score (nSPS) is 21.4. The molecule has 1 aliphatic rings. The van der Waals surface area contributed by atoms with Crippen molar-refractivity contribution >= 4 is 33.8 Å². The first-order chi connectivity index (χ1) is 8.33. The van der Waals surface area contributed by atoms with Gasteiger partial charge in [0.1, 0.15) is 4.83 Å². The molecule has 2 heterocycles. The molecule has 0 radical (unpaired) electrons. The Morgan fingerprint density at radius 1 is 1.44 bits per heavy atom. The summed E-state index contributed by atoms with van der Waals surface area (Å²) in [5.41, 5.74) is 1.35. The third kappa shape index (κ3) is 1.53. The van der Waals surface area contributed by atoms with Crippen molar-refractivity contribution in [3.05, 3.63) is 25.6 Å². The van der Waals surface area contributed by atoms with Gasteiger partial charge in [0, 0.05) is 10.9 Å². The van der Waals surface area contributed by atoms with E-state index in [-0.39, 0.29) is 17.0 Å². The van der Waals surface area contributed by atoms with E-state index in [1.165, 1.54) is 4.88 Å². The molecule has 1 fully saturated rings. The summed E-state index contributed by atoms with van der Waals surface area (Å²) in [6, 6.07) is 0.248. The Morgan fingerprint density at radius 3 is 2.61 bits per heavy atom. The fraction of sp³-hybridized carbons (Fsp3) is 0.538. The molecule has 3 rings (SSSR count). The van der Waals surface area contributed by atoms with Gasteiger partial charge in [-0.1, -0.05) is 13.8 Å². The topological polar surface area (TPSA) is 37.8 Å². The van der Waals surface area contributed by atoms with Gasteiger partial charge in [-0.05, 0) is 43.5 Å². The summed E-state index contributed by atoms with van der Waals surface area (Å²) in [6.45, 7) is 8.40. The van der Waals surface area contributed by atoms with Gasteiger partial charge < -0.3 is 4.98 Å². The first kappa shape index (κ1) is 12.1. The predicted octanol–water partition coefficient (Wildman–Crippen LogP) is 3.71. The third-order valence-electron chi connectivity index (χ3n) is 4.03. The quantitative estimate of drug-likeness (QED) is 0.809. The third-order valence-corrected chi connectivity index (χ3v) is 5.45. The highest BCUT2D eigenvalue weighted by Crippen LogP contribution is 2.55. The second kappa shape index (κ2) is 3.54. The molecule has 0 spiro atoms. The molecule has 1 unspecified atom stereocenters. The van der Waals surface area contributed by atoms with Crippen molar-refractivity contribution in [1.29, 1.82) is 0 Å². The van der Waals surface area contributed by atoms with Crippen molar-refractivity contribution in [3.63, 3.8) is 0 Å². The first-order valence-corrected chi connectivity index (χ1v) is 7.30. The molecule has 3 nitrogen and oxygen atoms in total. The molecule has 1 atom stereocenters.